The summed E-state index contributed by atoms with van der Waals surface area (Å²) in [5.41, 5.74) is 2.49. The number of carbonyl (C=O) groups excluding carboxylic acids is 2. The molecule has 15 nitrogen and oxygen atoms in total. The van der Waals surface area contributed by atoms with Gasteiger partial charge in [0.05, 0.1) is 23.0 Å². The molecule has 0 fully saturated rings. The minimum Gasteiger partial charge on any atom is -0.493 e. The number of imidazole rings is 2. The first kappa shape index (κ1) is 28.8. The van der Waals surface area contributed by atoms with Crippen LogP contribution in [-0.2, 0) is 33.9 Å². The van der Waals surface area contributed by atoms with E-state index in [0.717, 1.165) is 21.0 Å². The Morgan fingerprint density at radius 3 is 2.70 bits per heavy atom. The number of rotatable bonds is 13. The summed E-state index contributed by atoms with van der Waals surface area (Å²) in [4.78, 5) is 58.8. The van der Waals surface area contributed by atoms with Crippen LogP contribution in [0.3, 0.4) is 0 Å². The molecule has 2 amide bonds. The largest absolute Gasteiger partial charge is 0.493 e. The van der Waals surface area contributed by atoms with Gasteiger partial charge in [-0.15, -0.1) is 0 Å². The average molecular weight is 592 g/mol. The van der Waals surface area contributed by atoms with Crippen molar-refractivity contribution in [1.82, 2.24) is 30.2 Å². The molecule has 0 saturated carbocycles. The Bertz CT molecular complexity index is 1790. The highest BCUT2D eigenvalue weighted by molar-refractivity contribution is 5.83. The number of carbonyl (C=O) groups is 3. The van der Waals surface area contributed by atoms with Crippen LogP contribution in [0.5, 0.6) is 5.88 Å². The van der Waals surface area contributed by atoms with Crippen molar-refractivity contribution in [3.8, 4) is 5.88 Å². The van der Waals surface area contributed by atoms with E-state index in [2.05, 4.69) is 30.9 Å². The summed E-state index contributed by atoms with van der Waals surface area (Å²) in [5, 5.41) is 28.4. The zero-order valence-corrected chi connectivity index (χ0v) is 22.8. The van der Waals surface area contributed by atoms with E-state index in [-0.39, 0.29) is 12.3 Å². The molecule has 3 aromatic heterocycles. The maximum absolute atomic E-state index is 12.5. The van der Waals surface area contributed by atoms with Gasteiger partial charge in [-0.25, -0.2) is 19.4 Å². The SMILES string of the molecule is O=C(Cn1c(O)c(CCCNc2nc3ccccc3[nH]2)[nH]c1=O)NC[C@H](NC(=O)OCc1coc2ccccc12)C(=O)O. The Morgan fingerprint density at radius 1 is 1.09 bits per heavy atom. The van der Waals surface area contributed by atoms with Gasteiger partial charge in [0.15, 0.2) is 0 Å². The van der Waals surface area contributed by atoms with Gasteiger partial charge in [-0.3, -0.25) is 9.36 Å². The molecule has 0 radical (unpaired) electrons. The number of hydrogen-bond acceptors (Lipinski definition) is 9. The lowest BCUT2D eigenvalue weighted by atomic mass is 10.2. The van der Waals surface area contributed by atoms with Gasteiger partial charge in [-0.2, -0.15) is 0 Å². The lowest BCUT2D eigenvalue weighted by molar-refractivity contribution is -0.139. The quantitative estimate of drug-likeness (QED) is 0.0989. The van der Waals surface area contributed by atoms with Crippen LogP contribution in [0.1, 0.15) is 17.7 Å². The number of H-pyrrole nitrogens is 2. The second kappa shape index (κ2) is 12.8. The van der Waals surface area contributed by atoms with E-state index in [1.54, 1.807) is 24.3 Å². The molecule has 0 bridgehead atoms. The molecule has 0 aliphatic carbocycles. The second-order valence-electron chi connectivity index (χ2n) is 9.62. The van der Waals surface area contributed by atoms with Crippen LogP contribution >= 0.6 is 0 Å². The molecule has 0 unspecified atom stereocenters. The summed E-state index contributed by atoms with van der Waals surface area (Å²) in [7, 11) is 0. The van der Waals surface area contributed by atoms with Crippen LogP contribution in [0.25, 0.3) is 22.0 Å². The van der Waals surface area contributed by atoms with Gasteiger partial charge >= 0.3 is 17.8 Å². The molecule has 15 heteroatoms. The van der Waals surface area contributed by atoms with Crippen LogP contribution in [0, 0.1) is 0 Å². The van der Waals surface area contributed by atoms with Crippen molar-refractivity contribution in [3.05, 3.63) is 76.5 Å². The first-order valence-corrected chi connectivity index (χ1v) is 13.4. The summed E-state index contributed by atoms with van der Waals surface area (Å²) in [6, 6.07) is 13.2. The Labute approximate surface area is 242 Å². The highest BCUT2D eigenvalue weighted by Crippen LogP contribution is 2.21. The number of benzene rings is 2. The molecule has 5 rings (SSSR count). The number of fused-ring (bicyclic) bond motifs is 2. The number of ether oxygens (including phenoxy) is 1. The molecule has 0 spiro atoms. The van der Waals surface area contributed by atoms with Crippen molar-refractivity contribution in [1.29, 1.82) is 0 Å². The van der Waals surface area contributed by atoms with Crippen molar-refractivity contribution in [3.63, 3.8) is 0 Å². The van der Waals surface area contributed by atoms with Gasteiger partial charge in [0, 0.05) is 24.0 Å². The number of aromatic hydroxyl groups is 1. The minimum atomic E-state index is -1.51. The minimum absolute atomic E-state index is 0.157. The van der Waals surface area contributed by atoms with E-state index >= 15 is 0 Å². The number of nitrogens with zero attached hydrogens (tertiary/aromatic N) is 2. The predicted octanol–water partition coefficient (Wildman–Crippen LogP) is 2.04. The summed E-state index contributed by atoms with van der Waals surface area (Å²) < 4.78 is 11.3. The monoisotopic (exact) mass is 591 g/mol. The average Bonchev–Trinajstić information content (AvgIpc) is 3.68. The number of hydrogen-bond donors (Lipinski definition) is 7. The van der Waals surface area contributed by atoms with Crippen molar-refractivity contribution in [2.45, 2.75) is 32.0 Å². The standard InChI is InChI=1S/C28H29N7O8/c36-23(30-12-21(25(38)39)34-28(41)43-15-16-14-42-22-10-4-1-6-17(16)22)13-35-24(37)20(33-27(35)40)9-5-11-29-26-31-18-7-2-3-8-19(18)32-26/h1-4,6-8,10,14,21,37H,5,9,11-13,15H2,(H,30,36)(H,33,40)(H,34,41)(H,38,39)(H2,29,31,32)/t21-/m0/s1. The second-order valence-corrected chi connectivity index (χ2v) is 9.62. The molecule has 3 heterocycles. The number of aliphatic carboxylic acids is 1. The molecule has 5 aromatic rings. The smallest absolute Gasteiger partial charge is 0.408 e. The van der Waals surface area contributed by atoms with E-state index < -0.39 is 48.7 Å². The number of aromatic nitrogens is 4. The predicted molar refractivity (Wildman–Crippen MR) is 154 cm³/mol. The van der Waals surface area contributed by atoms with Gasteiger partial charge in [0.1, 0.15) is 24.8 Å². The summed E-state index contributed by atoms with van der Waals surface area (Å²) in [6.07, 6.45) is 1.28. The summed E-state index contributed by atoms with van der Waals surface area (Å²) >= 11 is 0. The van der Waals surface area contributed by atoms with Crippen molar-refractivity contribution < 1.29 is 33.8 Å². The molecular formula is C28H29N7O8. The third-order valence-electron chi connectivity index (χ3n) is 6.63. The number of para-hydroxylation sites is 3. The van der Waals surface area contributed by atoms with Crippen LogP contribution in [-0.4, -0.2) is 66.8 Å². The van der Waals surface area contributed by atoms with Crippen molar-refractivity contribution in [2.75, 3.05) is 18.4 Å². The lowest BCUT2D eigenvalue weighted by Crippen LogP contribution is -2.49. The maximum atomic E-state index is 12.5. The number of aromatic amines is 2. The molecule has 43 heavy (non-hydrogen) atoms. The molecule has 0 aliphatic heterocycles. The Morgan fingerprint density at radius 2 is 1.88 bits per heavy atom. The molecular weight excluding hydrogens is 562 g/mol. The van der Waals surface area contributed by atoms with Gasteiger partial charge in [0.2, 0.25) is 17.7 Å². The maximum Gasteiger partial charge on any atom is 0.408 e. The first-order valence-electron chi connectivity index (χ1n) is 13.4. The van der Waals surface area contributed by atoms with Crippen LogP contribution < -0.4 is 21.6 Å². The Kier molecular flexibility index (Phi) is 8.60. The Balaban J connectivity index is 1.07. The lowest BCUT2D eigenvalue weighted by Gasteiger charge is -2.15. The van der Waals surface area contributed by atoms with E-state index in [1.807, 2.05) is 24.3 Å². The number of furan rings is 1. The van der Waals surface area contributed by atoms with Crippen LogP contribution in [0.15, 0.2) is 64.0 Å². The van der Waals surface area contributed by atoms with Crippen molar-refractivity contribution in [2.24, 2.45) is 0 Å². The normalized spacial score (nSPS) is 11.8. The fraction of sp³-hybridized carbons (Fsp3) is 0.250. The number of carboxylic acids is 1. The van der Waals surface area contributed by atoms with Crippen molar-refractivity contribution >= 4 is 45.9 Å². The zero-order chi connectivity index (χ0) is 30.3. The number of alkyl carbamates (subject to hydrolysis) is 1. The summed E-state index contributed by atoms with van der Waals surface area (Å²) in [6.45, 7) is -0.714. The topological polar surface area (TPSA) is 217 Å². The van der Waals surface area contributed by atoms with Gasteiger partial charge < -0.3 is 45.3 Å². The van der Waals surface area contributed by atoms with E-state index in [9.17, 15) is 29.4 Å². The fourth-order valence-electron chi connectivity index (χ4n) is 4.43. The first-order chi connectivity index (χ1) is 20.8. The molecule has 0 aliphatic rings. The Hall–Kier alpha value is -5.73. The van der Waals surface area contributed by atoms with E-state index in [1.165, 1.54) is 6.26 Å². The molecule has 0 saturated heterocycles. The van der Waals surface area contributed by atoms with E-state index in [0.29, 0.717) is 36.5 Å². The highest BCUT2D eigenvalue weighted by atomic mass is 16.5. The van der Waals surface area contributed by atoms with Gasteiger partial charge in [-0.1, -0.05) is 30.3 Å². The highest BCUT2D eigenvalue weighted by Gasteiger charge is 2.23. The van der Waals surface area contributed by atoms with Gasteiger partial charge in [-0.05, 0) is 31.0 Å². The van der Waals surface area contributed by atoms with Crippen LogP contribution in [0.4, 0.5) is 10.7 Å². The molecule has 1 atom stereocenters. The number of amides is 2. The summed E-state index contributed by atoms with van der Waals surface area (Å²) in [5.74, 6) is -1.96. The number of carboxylic acid groups (broad SMARTS) is 1. The molecule has 224 valence electrons. The molecule has 7 N–H and O–H groups in total. The number of nitrogens with one attached hydrogen (secondary N) is 5. The third kappa shape index (κ3) is 6.95. The fourth-order valence-corrected chi connectivity index (χ4v) is 4.43. The number of aryl methyl sites for hydroxylation is 1. The zero-order valence-electron chi connectivity index (χ0n) is 22.8. The molecule has 2 aromatic carbocycles. The van der Waals surface area contributed by atoms with E-state index in [4.69, 9.17) is 9.15 Å². The third-order valence-corrected chi connectivity index (χ3v) is 6.63. The number of anilines is 1. The van der Waals surface area contributed by atoms with Gasteiger partial charge in [0.25, 0.3) is 0 Å². The van der Waals surface area contributed by atoms with Crippen LogP contribution in [0.2, 0.25) is 0 Å².